The van der Waals surface area contributed by atoms with Gasteiger partial charge >= 0.3 is 0 Å². The van der Waals surface area contributed by atoms with Crippen LogP contribution in [0.3, 0.4) is 0 Å². The second-order valence-corrected chi connectivity index (χ2v) is 4.40. The zero-order valence-corrected chi connectivity index (χ0v) is 9.84. The summed E-state index contributed by atoms with van der Waals surface area (Å²) in [6.45, 7) is -0.474. The maximum atomic E-state index is 13.3. The molecule has 3 rings (SSSR count). The first-order valence-corrected chi connectivity index (χ1v) is 5.84. The van der Waals surface area contributed by atoms with Crippen molar-refractivity contribution in [1.82, 2.24) is 0 Å². The van der Waals surface area contributed by atoms with E-state index in [1.807, 2.05) is 48.5 Å². The summed E-state index contributed by atoms with van der Waals surface area (Å²) in [7, 11) is 0. The van der Waals surface area contributed by atoms with E-state index in [4.69, 9.17) is 11.6 Å². The minimum Gasteiger partial charge on any atom is -0.246 e. The molecule has 0 saturated carbocycles. The number of alkyl halides is 1. The minimum absolute atomic E-state index is 0.474. The molecule has 0 aromatic heterocycles. The number of hydrogen-bond donors (Lipinski definition) is 0. The Hall–Kier alpha value is -1.60. The summed E-state index contributed by atoms with van der Waals surface area (Å²) >= 11 is 6.38. The Morgan fingerprint density at radius 3 is 1.59 bits per heavy atom. The molecule has 0 amide bonds. The highest BCUT2D eigenvalue weighted by molar-refractivity contribution is 6.41. The summed E-state index contributed by atoms with van der Waals surface area (Å²) in [5.41, 5.74) is 0.723. The van der Waals surface area contributed by atoms with Gasteiger partial charge < -0.3 is 0 Å². The quantitative estimate of drug-likeness (QED) is 0.522. The lowest BCUT2D eigenvalue weighted by molar-refractivity contribution is 0.490. The van der Waals surface area contributed by atoms with Gasteiger partial charge in [-0.25, -0.2) is 4.39 Å². The molecule has 0 nitrogen and oxygen atoms in total. The van der Waals surface area contributed by atoms with E-state index in [9.17, 15) is 4.39 Å². The minimum atomic E-state index is -0.474. The summed E-state index contributed by atoms with van der Waals surface area (Å²) in [6.07, 6.45) is 0. The Labute approximate surface area is 104 Å². The first kappa shape index (κ1) is 10.5. The van der Waals surface area contributed by atoms with Gasteiger partial charge in [0.1, 0.15) is 6.67 Å². The van der Waals surface area contributed by atoms with Crippen LogP contribution in [-0.2, 0) is 6.67 Å². The first-order valence-electron chi connectivity index (χ1n) is 5.46. The van der Waals surface area contributed by atoms with Gasteiger partial charge in [-0.05, 0) is 16.3 Å². The monoisotopic (exact) mass is 244 g/mol. The Bertz CT molecular complexity index is 647. The zero-order chi connectivity index (χ0) is 11.8. The molecule has 3 aromatic rings. The van der Waals surface area contributed by atoms with Gasteiger partial charge in [0.2, 0.25) is 0 Å². The molecular weight excluding hydrogens is 235 g/mol. The number of rotatable bonds is 1. The molecule has 0 bridgehead atoms. The molecule has 0 unspecified atom stereocenters. The van der Waals surface area contributed by atoms with E-state index in [-0.39, 0.29) is 0 Å². The van der Waals surface area contributed by atoms with E-state index in [2.05, 4.69) is 0 Å². The zero-order valence-electron chi connectivity index (χ0n) is 9.08. The van der Waals surface area contributed by atoms with Crippen LogP contribution in [0, 0.1) is 0 Å². The summed E-state index contributed by atoms with van der Waals surface area (Å²) in [5, 5.41) is 4.34. The second kappa shape index (κ2) is 4.01. The lowest BCUT2D eigenvalue weighted by Crippen LogP contribution is -1.88. The van der Waals surface area contributed by atoms with E-state index >= 15 is 0 Å². The number of benzene rings is 3. The van der Waals surface area contributed by atoms with Crippen molar-refractivity contribution >= 4 is 33.1 Å². The van der Waals surface area contributed by atoms with E-state index in [1.165, 1.54) is 0 Å². The fourth-order valence-electron chi connectivity index (χ4n) is 2.31. The predicted molar refractivity (Wildman–Crippen MR) is 71.3 cm³/mol. The molecular formula is C15H10ClF. The molecule has 0 radical (unpaired) electrons. The molecule has 17 heavy (non-hydrogen) atoms. The van der Waals surface area contributed by atoms with E-state index in [0.717, 1.165) is 27.1 Å². The fourth-order valence-corrected chi connectivity index (χ4v) is 2.64. The number of halogens is 2. The van der Waals surface area contributed by atoms with Crippen LogP contribution in [0.2, 0.25) is 5.02 Å². The Morgan fingerprint density at radius 1 is 0.765 bits per heavy atom. The van der Waals surface area contributed by atoms with Gasteiger partial charge in [-0.3, -0.25) is 0 Å². The van der Waals surface area contributed by atoms with Crippen LogP contribution in [-0.4, -0.2) is 0 Å². The normalized spacial score (nSPS) is 11.2. The van der Waals surface area contributed by atoms with Crippen LogP contribution in [0.4, 0.5) is 4.39 Å². The van der Waals surface area contributed by atoms with Gasteiger partial charge in [-0.15, -0.1) is 0 Å². The average Bonchev–Trinajstić information content (AvgIpc) is 2.40. The van der Waals surface area contributed by atoms with Crippen LogP contribution >= 0.6 is 11.6 Å². The summed E-state index contributed by atoms with van der Waals surface area (Å²) < 4.78 is 13.3. The Morgan fingerprint density at radius 2 is 1.18 bits per heavy atom. The lowest BCUT2D eigenvalue weighted by atomic mass is 9.97. The summed E-state index contributed by atoms with van der Waals surface area (Å²) in [6, 6.07) is 15.4. The van der Waals surface area contributed by atoms with Crippen molar-refractivity contribution in [2.75, 3.05) is 0 Å². The highest BCUT2D eigenvalue weighted by atomic mass is 35.5. The van der Waals surface area contributed by atoms with Gasteiger partial charge in [0.25, 0.3) is 0 Å². The van der Waals surface area contributed by atoms with E-state index in [1.54, 1.807) is 0 Å². The largest absolute Gasteiger partial charge is 0.246 e. The molecule has 0 heterocycles. The predicted octanol–water partition coefficient (Wildman–Crippen LogP) is 5.12. The summed E-state index contributed by atoms with van der Waals surface area (Å²) in [4.78, 5) is 0. The average molecular weight is 245 g/mol. The van der Waals surface area contributed by atoms with Gasteiger partial charge in [0, 0.05) is 10.8 Å². The highest BCUT2D eigenvalue weighted by Crippen LogP contribution is 2.36. The standard InChI is InChI=1S/C15H10ClF/c16-15-12-7-3-1-5-10(12)14(9-17)11-6-2-4-8-13(11)15/h1-8H,9H2. The van der Waals surface area contributed by atoms with Crippen LogP contribution in [0.5, 0.6) is 0 Å². The number of hydrogen-bond acceptors (Lipinski definition) is 0. The highest BCUT2D eigenvalue weighted by Gasteiger charge is 2.11. The maximum Gasteiger partial charge on any atom is 0.116 e. The van der Waals surface area contributed by atoms with Gasteiger partial charge in [-0.2, -0.15) is 0 Å². The third-order valence-electron chi connectivity index (χ3n) is 3.11. The molecule has 0 aliphatic heterocycles. The topological polar surface area (TPSA) is 0 Å². The van der Waals surface area contributed by atoms with Gasteiger partial charge in [-0.1, -0.05) is 60.1 Å². The number of fused-ring (bicyclic) bond motifs is 2. The van der Waals surface area contributed by atoms with Gasteiger partial charge in [0.15, 0.2) is 0 Å². The smallest absolute Gasteiger partial charge is 0.116 e. The second-order valence-electron chi connectivity index (χ2n) is 4.02. The van der Waals surface area contributed by atoms with Crippen molar-refractivity contribution in [2.24, 2.45) is 0 Å². The Kier molecular flexibility index (Phi) is 2.49. The molecule has 84 valence electrons. The SMILES string of the molecule is FCc1c2ccccc2c(Cl)c2ccccc12. The van der Waals surface area contributed by atoms with Crippen molar-refractivity contribution in [3.8, 4) is 0 Å². The molecule has 3 aromatic carbocycles. The molecule has 0 aliphatic rings. The lowest BCUT2D eigenvalue weighted by Gasteiger charge is -2.10. The molecule has 0 atom stereocenters. The van der Waals surface area contributed by atoms with E-state index < -0.39 is 6.67 Å². The molecule has 0 aliphatic carbocycles. The molecule has 0 fully saturated rings. The summed E-state index contributed by atoms with van der Waals surface area (Å²) in [5.74, 6) is 0. The van der Waals surface area contributed by atoms with Gasteiger partial charge in [0.05, 0.1) is 5.02 Å². The molecule has 0 spiro atoms. The van der Waals surface area contributed by atoms with E-state index in [0.29, 0.717) is 5.02 Å². The van der Waals surface area contributed by atoms with Crippen molar-refractivity contribution in [2.45, 2.75) is 6.67 Å². The van der Waals surface area contributed by atoms with Crippen molar-refractivity contribution < 1.29 is 4.39 Å². The van der Waals surface area contributed by atoms with Crippen molar-refractivity contribution in [1.29, 1.82) is 0 Å². The molecule has 2 heteroatoms. The van der Waals surface area contributed by atoms with Crippen LogP contribution < -0.4 is 0 Å². The Balaban J connectivity index is 2.63. The third-order valence-corrected chi connectivity index (χ3v) is 3.52. The van der Waals surface area contributed by atoms with Crippen LogP contribution in [0.1, 0.15) is 5.56 Å². The fraction of sp³-hybridized carbons (Fsp3) is 0.0667. The van der Waals surface area contributed by atoms with Crippen molar-refractivity contribution in [3.63, 3.8) is 0 Å². The third kappa shape index (κ3) is 1.50. The van der Waals surface area contributed by atoms with Crippen LogP contribution in [0.15, 0.2) is 48.5 Å². The first-order chi connectivity index (χ1) is 8.33. The van der Waals surface area contributed by atoms with Crippen molar-refractivity contribution in [3.05, 3.63) is 59.1 Å². The molecule has 0 N–H and O–H groups in total. The maximum absolute atomic E-state index is 13.3. The molecule has 0 saturated heterocycles. The van der Waals surface area contributed by atoms with Crippen LogP contribution in [0.25, 0.3) is 21.5 Å².